The average Bonchev–Trinajstić information content (AvgIpc) is 2.14. The van der Waals surface area contributed by atoms with E-state index < -0.39 is 15.6 Å². The van der Waals surface area contributed by atoms with Gasteiger partial charge < -0.3 is 13.7 Å². The van der Waals surface area contributed by atoms with Crippen molar-refractivity contribution in [2.24, 2.45) is 0 Å². The Kier molecular flexibility index (Phi) is 22.8. The molecule has 0 aromatic heterocycles. The summed E-state index contributed by atoms with van der Waals surface area (Å²) in [6.07, 6.45) is 2.42. The fraction of sp³-hybridized carbons (Fsp3) is 0.600. The Morgan fingerprint density at radius 2 is 1.59 bits per heavy atom. The van der Waals surface area contributed by atoms with Crippen LogP contribution in [0.5, 0.6) is 0 Å². The third-order valence-electron chi connectivity index (χ3n) is 0.984. The summed E-state index contributed by atoms with van der Waals surface area (Å²) < 4.78 is 39.3. The molecule has 0 radical (unpaired) electrons. The summed E-state index contributed by atoms with van der Waals surface area (Å²) in [4.78, 5) is 8.84. The first-order valence-corrected chi connectivity index (χ1v) is 6.40. The molecule has 17 heavy (non-hydrogen) atoms. The molecular weight excluding hydrogens is 303 g/mol. The Morgan fingerprint density at radius 1 is 1.12 bits per heavy atom. The van der Waals surface area contributed by atoms with Crippen LogP contribution in [0.25, 0.3) is 0 Å². The number of allylic oxidation sites excluding steroid dienone is 1. The minimum atomic E-state index is -4.40. The molecule has 0 aliphatic rings. The van der Waals surface area contributed by atoms with Crippen LogP contribution in [0.15, 0.2) is 12.3 Å². The van der Waals surface area contributed by atoms with Crippen molar-refractivity contribution < 1.29 is 125 Å². The molecule has 0 aromatic rings. The first-order valence-electron chi connectivity index (χ1n) is 3.44. The number of hydrogen-bond donors (Lipinski definition) is 1. The molecule has 0 aliphatic heterocycles. The Balaban J connectivity index is -0.0000000563. The predicted molar refractivity (Wildman–Crippen MR) is 51.8 cm³/mol. The van der Waals surface area contributed by atoms with E-state index in [0.29, 0.717) is 0 Å². The van der Waals surface area contributed by atoms with Crippen LogP contribution in [-0.4, -0.2) is 19.1 Å². The predicted octanol–water partition coefficient (Wildman–Crippen LogP) is -6.60. The van der Waals surface area contributed by atoms with Gasteiger partial charge in [-0.3, -0.25) is 9.05 Å². The van der Waals surface area contributed by atoms with E-state index in [1.54, 1.807) is 6.92 Å². The molecule has 2 atom stereocenters. The van der Waals surface area contributed by atoms with Gasteiger partial charge in [0.05, 0.1) is 6.26 Å². The van der Waals surface area contributed by atoms with Gasteiger partial charge in [-0.05, 0) is 6.92 Å². The van der Waals surface area contributed by atoms with E-state index in [-0.39, 0.29) is 93.0 Å². The second-order valence-corrected chi connectivity index (χ2v) is 5.36. The molecule has 0 saturated heterocycles. The van der Waals surface area contributed by atoms with Crippen LogP contribution in [0.3, 0.4) is 0 Å². The third kappa shape index (κ3) is 13.6. The van der Waals surface area contributed by atoms with Crippen LogP contribution >= 0.6 is 15.6 Å². The molecule has 0 spiro atoms. The smallest absolute Gasteiger partial charge is 1.00 e. The molecule has 1 N–H and O–H groups in total. The van der Waals surface area contributed by atoms with Gasteiger partial charge in [-0.1, -0.05) is 6.08 Å². The Bertz CT molecular complexity index is 309. The standard InChI is InChI=1S/C5H12O7P2.3Na.3H/c1-4-5-11-14(8,10-3)12-13(6,7)9-2;;;;;;/h4-5H,1-3H3,(H,6,7);;;;;;/q;3*+1;3*-1. The SMILES string of the molecule is CC=COP(=O)(OC)OP(=O)(O)OC.[H-].[H-].[H-].[Na+].[Na+].[Na+]. The van der Waals surface area contributed by atoms with Crippen molar-refractivity contribution in [3.63, 3.8) is 0 Å². The van der Waals surface area contributed by atoms with Gasteiger partial charge in [-0.2, -0.15) is 4.31 Å². The minimum Gasteiger partial charge on any atom is -1.00 e. The van der Waals surface area contributed by atoms with Crippen molar-refractivity contribution in [2.45, 2.75) is 6.92 Å². The quantitative estimate of drug-likeness (QED) is 0.296. The van der Waals surface area contributed by atoms with Crippen molar-refractivity contribution in [3.05, 3.63) is 12.3 Å². The Labute approximate surface area is 172 Å². The third-order valence-corrected chi connectivity index (χ3v) is 3.90. The summed E-state index contributed by atoms with van der Waals surface area (Å²) in [5.41, 5.74) is 0. The van der Waals surface area contributed by atoms with Crippen LogP contribution in [0.4, 0.5) is 0 Å². The number of phosphoric ester groups is 2. The molecule has 0 heterocycles. The second kappa shape index (κ2) is 13.8. The summed E-state index contributed by atoms with van der Waals surface area (Å²) in [6, 6.07) is 0. The van der Waals surface area contributed by atoms with E-state index in [2.05, 4.69) is 17.9 Å². The van der Waals surface area contributed by atoms with E-state index >= 15 is 0 Å². The molecule has 90 valence electrons. The summed E-state index contributed by atoms with van der Waals surface area (Å²) in [7, 11) is -6.54. The molecule has 0 amide bonds. The maximum absolute atomic E-state index is 11.4. The fourth-order valence-corrected chi connectivity index (χ4v) is 2.45. The summed E-state index contributed by atoms with van der Waals surface area (Å²) in [5.74, 6) is 0. The zero-order valence-corrected chi connectivity index (χ0v) is 18.7. The molecule has 7 nitrogen and oxygen atoms in total. The molecule has 0 fully saturated rings. The van der Waals surface area contributed by atoms with Crippen molar-refractivity contribution in [3.8, 4) is 0 Å². The maximum Gasteiger partial charge on any atom is 1.00 e. The van der Waals surface area contributed by atoms with Crippen molar-refractivity contribution in [1.29, 1.82) is 0 Å². The van der Waals surface area contributed by atoms with Crippen LogP contribution in [0, 0.1) is 0 Å². The molecule has 0 aliphatic carbocycles. The molecule has 0 rings (SSSR count). The van der Waals surface area contributed by atoms with Gasteiger partial charge in [0.25, 0.3) is 0 Å². The zero-order chi connectivity index (χ0) is 11.2. The van der Waals surface area contributed by atoms with Gasteiger partial charge in [0.1, 0.15) is 0 Å². The first kappa shape index (κ1) is 28.1. The largest absolute Gasteiger partial charge is 1.00 e. The molecule has 0 bridgehead atoms. The van der Waals surface area contributed by atoms with Gasteiger partial charge in [-0.15, -0.1) is 0 Å². The van der Waals surface area contributed by atoms with Gasteiger partial charge in [-0.25, -0.2) is 9.13 Å². The molecule has 0 saturated carbocycles. The van der Waals surface area contributed by atoms with E-state index in [9.17, 15) is 9.13 Å². The van der Waals surface area contributed by atoms with Crippen LogP contribution in [0.2, 0.25) is 0 Å². The van der Waals surface area contributed by atoms with Crippen LogP contribution in [-0.2, 0) is 27.0 Å². The Morgan fingerprint density at radius 3 is 1.88 bits per heavy atom. The van der Waals surface area contributed by atoms with Crippen molar-refractivity contribution in [1.82, 2.24) is 0 Å². The molecule has 2 unspecified atom stereocenters. The van der Waals surface area contributed by atoms with Crippen molar-refractivity contribution >= 4 is 15.6 Å². The summed E-state index contributed by atoms with van der Waals surface area (Å²) in [5, 5.41) is 0. The van der Waals surface area contributed by atoms with Gasteiger partial charge >= 0.3 is 104 Å². The van der Waals surface area contributed by atoms with E-state index in [1.807, 2.05) is 0 Å². The van der Waals surface area contributed by atoms with Crippen LogP contribution in [0.1, 0.15) is 11.2 Å². The molecule has 12 heteroatoms. The van der Waals surface area contributed by atoms with Crippen molar-refractivity contribution in [2.75, 3.05) is 14.2 Å². The fourth-order valence-electron chi connectivity index (χ4n) is 0.391. The molecular formula is C5H15Na3O7P2. The second-order valence-electron chi connectivity index (χ2n) is 1.94. The van der Waals surface area contributed by atoms with E-state index in [4.69, 9.17) is 4.89 Å². The number of rotatable bonds is 6. The van der Waals surface area contributed by atoms with Gasteiger partial charge in [0, 0.05) is 14.2 Å². The van der Waals surface area contributed by atoms with E-state index in [0.717, 1.165) is 20.5 Å². The van der Waals surface area contributed by atoms with Gasteiger partial charge in [0.2, 0.25) is 0 Å². The maximum atomic E-state index is 11.4. The van der Waals surface area contributed by atoms with Gasteiger partial charge in [0.15, 0.2) is 0 Å². The topological polar surface area (TPSA) is 91.3 Å². The van der Waals surface area contributed by atoms with E-state index in [1.165, 1.54) is 6.08 Å². The average molecular weight is 318 g/mol. The molecule has 0 aromatic carbocycles. The minimum absolute atomic E-state index is 0. The van der Waals surface area contributed by atoms with Crippen LogP contribution < -0.4 is 88.7 Å². The zero-order valence-electron chi connectivity index (χ0n) is 13.9. The summed E-state index contributed by atoms with van der Waals surface area (Å²) in [6.45, 7) is 1.59. The summed E-state index contributed by atoms with van der Waals surface area (Å²) >= 11 is 0. The number of hydrogen-bond acceptors (Lipinski definition) is 6. The Hall–Kier alpha value is 2.84. The first-order chi connectivity index (χ1) is 6.39. The number of phosphoric acid groups is 2. The monoisotopic (exact) mass is 318 g/mol. The normalized spacial score (nSPS) is 16.7.